The zero-order valence-electron chi connectivity index (χ0n) is 11.0. The normalized spacial score (nSPS) is 18.6. The number of likely N-dealkylation sites (N-methyl/N-ethyl adjacent to an activating group) is 1. The van der Waals surface area contributed by atoms with Crippen molar-refractivity contribution in [2.75, 3.05) is 51.6 Å². The fourth-order valence-electron chi connectivity index (χ4n) is 2.28. The number of nitrogens with one attached hydrogen (secondary N) is 1. The van der Waals surface area contributed by atoms with Crippen LogP contribution in [0.2, 0.25) is 0 Å². The highest BCUT2D eigenvalue weighted by atomic mass is 79.9. The molecule has 0 aromatic heterocycles. The van der Waals surface area contributed by atoms with Crippen molar-refractivity contribution in [2.45, 2.75) is 6.42 Å². The minimum Gasteiger partial charge on any atom is -0.384 e. The Bertz CT molecular complexity index is 370. The van der Waals surface area contributed by atoms with E-state index in [0.717, 1.165) is 17.6 Å². The minimum atomic E-state index is 1.01. The van der Waals surface area contributed by atoms with Crippen LogP contribution < -0.4 is 5.32 Å². The van der Waals surface area contributed by atoms with Crippen molar-refractivity contribution in [3.8, 4) is 0 Å². The number of benzene rings is 1. The van der Waals surface area contributed by atoms with Gasteiger partial charge in [-0.2, -0.15) is 0 Å². The second kappa shape index (κ2) is 7.12. The molecule has 0 bridgehead atoms. The number of hydrogen-bond donors (Lipinski definition) is 1. The molecule has 0 aliphatic carbocycles. The van der Waals surface area contributed by atoms with Crippen LogP contribution in [0.1, 0.15) is 6.42 Å². The van der Waals surface area contributed by atoms with Crippen LogP contribution in [0.4, 0.5) is 5.69 Å². The van der Waals surface area contributed by atoms with Gasteiger partial charge in [0.25, 0.3) is 0 Å². The van der Waals surface area contributed by atoms with Gasteiger partial charge in [0.2, 0.25) is 0 Å². The van der Waals surface area contributed by atoms with Crippen molar-refractivity contribution >= 4 is 21.6 Å². The van der Waals surface area contributed by atoms with E-state index in [1.54, 1.807) is 0 Å². The summed E-state index contributed by atoms with van der Waals surface area (Å²) in [7, 11) is 2.21. The molecule has 3 nitrogen and oxygen atoms in total. The molecule has 100 valence electrons. The summed E-state index contributed by atoms with van der Waals surface area (Å²) in [5.74, 6) is 0. The summed E-state index contributed by atoms with van der Waals surface area (Å²) >= 11 is 3.49. The third-order valence-electron chi connectivity index (χ3n) is 3.39. The maximum Gasteiger partial charge on any atom is 0.0351 e. The number of hydrogen-bond acceptors (Lipinski definition) is 3. The Morgan fingerprint density at radius 3 is 2.94 bits per heavy atom. The molecule has 0 amide bonds. The van der Waals surface area contributed by atoms with Gasteiger partial charge in [0.15, 0.2) is 0 Å². The molecule has 1 fully saturated rings. The molecular weight excluding hydrogens is 290 g/mol. The molecule has 0 unspecified atom stereocenters. The van der Waals surface area contributed by atoms with E-state index in [0.29, 0.717) is 0 Å². The fraction of sp³-hybridized carbons (Fsp3) is 0.571. The highest BCUT2D eigenvalue weighted by Gasteiger charge is 2.10. The molecule has 1 aliphatic rings. The summed E-state index contributed by atoms with van der Waals surface area (Å²) in [4.78, 5) is 4.97. The summed E-state index contributed by atoms with van der Waals surface area (Å²) in [6.07, 6.45) is 1.29. The first kappa shape index (κ1) is 13.8. The predicted molar refractivity (Wildman–Crippen MR) is 81.2 cm³/mol. The largest absolute Gasteiger partial charge is 0.384 e. The van der Waals surface area contributed by atoms with E-state index in [2.05, 4.69) is 62.4 Å². The first-order valence-electron chi connectivity index (χ1n) is 6.64. The maximum atomic E-state index is 3.49. The van der Waals surface area contributed by atoms with Crippen LogP contribution in [0.15, 0.2) is 28.7 Å². The highest BCUT2D eigenvalue weighted by Crippen LogP contribution is 2.15. The molecule has 0 spiro atoms. The zero-order chi connectivity index (χ0) is 12.8. The highest BCUT2D eigenvalue weighted by molar-refractivity contribution is 9.10. The van der Waals surface area contributed by atoms with Crippen LogP contribution in [-0.4, -0.2) is 56.1 Å². The van der Waals surface area contributed by atoms with Gasteiger partial charge in [-0.1, -0.05) is 22.0 Å². The number of rotatable bonds is 4. The number of anilines is 1. The molecule has 4 heteroatoms. The van der Waals surface area contributed by atoms with Gasteiger partial charge in [0.05, 0.1) is 0 Å². The van der Waals surface area contributed by atoms with E-state index in [-0.39, 0.29) is 0 Å². The van der Waals surface area contributed by atoms with E-state index >= 15 is 0 Å². The van der Waals surface area contributed by atoms with Gasteiger partial charge in [-0.3, -0.25) is 0 Å². The molecule has 1 aromatic rings. The van der Waals surface area contributed by atoms with E-state index < -0.39 is 0 Å². The van der Waals surface area contributed by atoms with E-state index in [9.17, 15) is 0 Å². The van der Waals surface area contributed by atoms with Crippen LogP contribution >= 0.6 is 15.9 Å². The summed E-state index contributed by atoms with van der Waals surface area (Å²) in [5.41, 5.74) is 1.19. The Kier molecular flexibility index (Phi) is 5.47. The third kappa shape index (κ3) is 4.59. The SMILES string of the molecule is CN1CCCN(CCNc2cccc(Br)c2)CC1. The molecule has 1 heterocycles. The van der Waals surface area contributed by atoms with Gasteiger partial charge in [-0.25, -0.2) is 0 Å². The molecule has 1 N–H and O–H groups in total. The molecular formula is C14H22BrN3. The average Bonchev–Trinajstić information content (AvgIpc) is 2.55. The minimum absolute atomic E-state index is 1.01. The van der Waals surface area contributed by atoms with Crippen molar-refractivity contribution < 1.29 is 0 Å². The standard InChI is InChI=1S/C14H22BrN3/c1-17-7-3-8-18(11-10-17)9-6-16-14-5-2-4-13(15)12-14/h2,4-5,12,16H,3,6-11H2,1H3. The van der Waals surface area contributed by atoms with Crippen LogP contribution in [0, 0.1) is 0 Å². The van der Waals surface area contributed by atoms with Crippen molar-refractivity contribution in [3.05, 3.63) is 28.7 Å². The first-order chi connectivity index (χ1) is 8.74. The fourth-order valence-corrected chi connectivity index (χ4v) is 2.68. The van der Waals surface area contributed by atoms with Gasteiger partial charge in [0.1, 0.15) is 0 Å². The van der Waals surface area contributed by atoms with Crippen molar-refractivity contribution in [1.29, 1.82) is 0 Å². The molecule has 1 aromatic carbocycles. The Morgan fingerprint density at radius 2 is 2.11 bits per heavy atom. The lowest BCUT2D eigenvalue weighted by Gasteiger charge is -2.20. The molecule has 1 saturated heterocycles. The lowest BCUT2D eigenvalue weighted by atomic mass is 10.3. The molecule has 1 aliphatic heterocycles. The summed E-state index contributed by atoms with van der Waals surface area (Å²) in [6, 6.07) is 8.35. The predicted octanol–water partition coefficient (Wildman–Crippen LogP) is 2.50. The zero-order valence-corrected chi connectivity index (χ0v) is 12.6. The second-order valence-corrected chi connectivity index (χ2v) is 5.85. The van der Waals surface area contributed by atoms with E-state index in [1.165, 1.54) is 38.3 Å². The van der Waals surface area contributed by atoms with Gasteiger partial charge in [-0.05, 0) is 44.8 Å². The molecule has 2 rings (SSSR count). The Hall–Kier alpha value is -0.580. The van der Waals surface area contributed by atoms with Gasteiger partial charge in [-0.15, -0.1) is 0 Å². The van der Waals surface area contributed by atoms with Crippen LogP contribution in [0.5, 0.6) is 0 Å². The van der Waals surface area contributed by atoms with E-state index in [4.69, 9.17) is 0 Å². The lowest BCUT2D eigenvalue weighted by molar-refractivity contribution is 0.285. The number of halogens is 1. The molecule has 0 atom stereocenters. The number of nitrogens with zero attached hydrogens (tertiary/aromatic N) is 2. The van der Waals surface area contributed by atoms with Gasteiger partial charge in [0, 0.05) is 36.3 Å². The quantitative estimate of drug-likeness (QED) is 0.921. The van der Waals surface area contributed by atoms with Crippen LogP contribution in [-0.2, 0) is 0 Å². The Labute approximate surface area is 118 Å². The van der Waals surface area contributed by atoms with Crippen molar-refractivity contribution in [1.82, 2.24) is 9.80 Å². The summed E-state index contributed by atoms with van der Waals surface area (Å²) in [6.45, 7) is 6.98. The second-order valence-electron chi connectivity index (χ2n) is 4.94. The molecule has 0 radical (unpaired) electrons. The smallest absolute Gasteiger partial charge is 0.0351 e. The summed E-state index contributed by atoms with van der Waals surface area (Å²) < 4.78 is 1.13. The maximum absolute atomic E-state index is 3.49. The van der Waals surface area contributed by atoms with Crippen LogP contribution in [0.25, 0.3) is 0 Å². The van der Waals surface area contributed by atoms with Gasteiger partial charge >= 0.3 is 0 Å². The van der Waals surface area contributed by atoms with E-state index in [1.807, 2.05) is 0 Å². The lowest BCUT2D eigenvalue weighted by Crippen LogP contribution is -2.32. The molecule has 18 heavy (non-hydrogen) atoms. The monoisotopic (exact) mass is 311 g/mol. The Balaban J connectivity index is 1.71. The third-order valence-corrected chi connectivity index (χ3v) is 3.89. The van der Waals surface area contributed by atoms with Crippen LogP contribution in [0.3, 0.4) is 0 Å². The summed E-state index contributed by atoms with van der Waals surface area (Å²) in [5, 5.41) is 3.48. The Morgan fingerprint density at radius 1 is 1.22 bits per heavy atom. The average molecular weight is 312 g/mol. The topological polar surface area (TPSA) is 18.5 Å². The molecule has 0 saturated carbocycles. The first-order valence-corrected chi connectivity index (χ1v) is 7.44. The van der Waals surface area contributed by atoms with Gasteiger partial charge < -0.3 is 15.1 Å². The van der Waals surface area contributed by atoms with Crippen molar-refractivity contribution in [2.24, 2.45) is 0 Å². The van der Waals surface area contributed by atoms with Crippen molar-refractivity contribution in [3.63, 3.8) is 0 Å².